The molecule has 0 aromatic heterocycles. The highest BCUT2D eigenvalue weighted by atomic mass is 32.2. The van der Waals surface area contributed by atoms with Gasteiger partial charge in [-0.15, -0.1) is 0 Å². The molecule has 1 atom stereocenters. The van der Waals surface area contributed by atoms with Crippen LogP contribution in [0.2, 0.25) is 0 Å². The van der Waals surface area contributed by atoms with Gasteiger partial charge in [0.1, 0.15) is 12.6 Å². The van der Waals surface area contributed by atoms with E-state index in [1.165, 1.54) is 4.90 Å². The van der Waals surface area contributed by atoms with Crippen molar-refractivity contribution in [1.29, 1.82) is 0 Å². The summed E-state index contributed by atoms with van der Waals surface area (Å²) in [5, 5.41) is 2.95. The van der Waals surface area contributed by atoms with Gasteiger partial charge in [0.2, 0.25) is 11.8 Å². The Morgan fingerprint density at radius 3 is 2.05 bits per heavy atom. The van der Waals surface area contributed by atoms with Gasteiger partial charge in [-0.1, -0.05) is 80.4 Å². The van der Waals surface area contributed by atoms with Gasteiger partial charge >= 0.3 is 0 Å². The molecule has 40 heavy (non-hydrogen) atoms. The molecule has 3 aromatic carbocycles. The van der Waals surface area contributed by atoms with Gasteiger partial charge < -0.3 is 10.2 Å². The molecule has 2 amide bonds. The first kappa shape index (κ1) is 30.9. The largest absolute Gasteiger partial charge is 0.354 e. The molecular weight excluding hydrogens is 522 g/mol. The van der Waals surface area contributed by atoms with Crippen LogP contribution in [0.15, 0.2) is 77.7 Å². The summed E-state index contributed by atoms with van der Waals surface area (Å²) in [6.45, 7) is 11.8. The normalized spacial score (nSPS) is 12.2. The van der Waals surface area contributed by atoms with Crippen molar-refractivity contribution in [2.45, 2.75) is 65.4 Å². The number of carbonyl (C=O) groups excluding carboxylic acids is 2. The first-order valence-corrected chi connectivity index (χ1v) is 15.1. The van der Waals surface area contributed by atoms with E-state index in [2.05, 4.69) is 5.32 Å². The van der Waals surface area contributed by atoms with Crippen LogP contribution >= 0.6 is 0 Å². The Balaban J connectivity index is 2.05. The fourth-order valence-electron chi connectivity index (χ4n) is 4.50. The Hall–Kier alpha value is -3.65. The van der Waals surface area contributed by atoms with E-state index >= 15 is 0 Å². The molecular formula is C32H41N3O4S. The molecule has 1 N–H and O–H groups in total. The molecule has 0 spiro atoms. The molecule has 3 aromatic rings. The SMILES string of the molecule is CC[C@H](C(=O)NCC(C)C)N(Cc1cccc(C)c1)C(=O)CN(c1cccc(C)c1)S(=O)(=O)c1ccc(C)cc1. The van der Waals surface area contributed by atoms with E-state index in [1.807, 2.05) is 71.9 Å². The number of hydrogen-bond acceptors (Lipinski definition) is 4. The summed E-state index contributed by atoms with van der Waals surface area (Å²) >= 11 is 0. The molecule has 0 saturated carbocycles. The maximum atomic E-state index is 14.1. The number of sulfonamides is 1. The Morgan fingerprint density at radius 1 is 0.850 bits per heavy atom. The predicted molar refractivity (Wildman–Crippen MR) is 161 cm³/mol. The van der Waals surface area contributed by atoms with Gasteiger partial charge in [0.05, 0.1) is 10.6 Å². The number of amides is 2. The van der Waals surface area contributed by atoms with Crippen LogP contribution in [0.1, 0.15) is 49.4 Å². The number of rotatable bonds is 12. The van der Waals surface area contributed by atoms with E-state index in [0.717, 1.165) is 26.6 Å². The van der Waals surface area contributed by atoms with E-state index in [0.29, 0.717) is 18.7 Å². The Labute approximate surface area is 239 Å². The molecule has 0 radical (unpaired) electrons. The summed E-state index contributed by atoms with van der Waals surface area (Å²) in [6.07, 6.45) is 0.386. The fourth-order valence-corrected chi connectivity index (χ4v) is 5.90. The average Bonchev–Trinajstić information content (AvgIpc) is 2.90. The smallest absolute Gasteiger partial charge is 0.264 e. The second-order valence-corrected chi connectivity index (χ2v) is 12.6. The summed E-state index contributed by atoms with van der Waals surface area (Å²) in [5.74, 6) is -0.454. The molecule has 3 rings (SSSR count). The van der Waals surface area contributed by atoms with E-state index in [-0.39, 0.29) is 23.3 Å². The van der Waals surface area contributed by atoms with Crippen LogP contribution in [-0.4, -0.2) is 44.3 Å². The van der Waals surface area contributed by atoms with Crippen LogP contribution < -0.4 is 9.62 Å². The minimum absolute atomic E-state index is 0.0966. The highest BCUT2D eigenvalue weighted by Gasteiger charge is 2.33. The molecule has 0 unspecified atom stereocenters. The number of carbonyl (C=O) groups is 2. The predicted octanol–water partition coefficient (Wildman–Crippen LogP) is 5.39. The lowest BCUT2D eigenvalue weighted by Gasteiger charge is -2.33. The van der Waals surface area contributed by atoms with Crippen molar-refractivity contribution in [3.8, 4) is 0 Å². The van der Waals surface area contributed by atoms with Gasteiger partial charge in [-0.2, -0.15) is 0 Å². The monoisotopic (exact) mass is 563 g/mol. The topological polar surface area (TPSA) is 86.8 Å². The number of anilines is 1. The number of benzene rings is 3. The molecule has 214 valence electrons. The summed E-state index contributed by atoms with van der Waals surface area (Å²) in [4.78, 5) is 29.0. The number of hydrogen-bond donors (Lipinski definition) is 1. The van der Waals surface area contributed by atoms with E-state index in [9.17, 15) is 18.0 Å². The van der Waals surface area contributed by atoms with Crippen LogP contribution in [0, 0.1) is 26.7 Å². The molecule has 0 aliphatic carbocycles. The second-order valence-electron chi connectivity index (χ2n) is 10.7. The third kappa shape index (κ3) is 7.94. The first-order valence-electron chi connectivity index (χ1n) is 13.7. The number of nitrogens with zero attached hydrogens (tertiary/aromatic N) is 2. The first-order chi connectivity index (χ1) is 18.9. The van der Waals surface area contributed by atoms with Gasteiger partial charge in [0.15, 0.2) is 0 Å². The molecule has 8 heteroatoms. The van der Waals surface area contributed by atoms with Crippen molar-refractivity contribution in [1.82, 2.24) is 10.2 Å². The number of nitrogens with one attached hydrogen (secondary N) is 1. The summed E-state index contributed by atoms with van der Waals surface area (Å²) in [7, 11) is -4.08. The van der Waals surface area contributed by atoms with Crippen molar-refractivity contribution in [2.75, 3.05) is 17.4 Å². The van der Waals surface area contributed by atoms with E-state index in [1.54, 1.807) is 42.5 Å². The zero-order valence-electron chi connectivity index (χ0n) is 24.3. The Bertz CT molecular complexity index is 1420. The lowest BCUT2D eigenvalue weighted by molar-refractivity contribution is -0.140. The molecule has 0 aliphatic heterocycles. The molecule has 0 saturated heterocycles. The minimum atomic E-state index is -4.08. The van der Waals surface area contributed by atoms with Gasteiger partial charge in [0, 0.05) is 13.1 Å². The van der Waals surface area contributed by atoms with E-state index in [4.69, 9.17) is 0 Å². The van der Waals surface area contributed by atoms with Crippen LogP contribution in [0.4, 0.5) is 5.69 Å². The van der Waals surface area contributed by atoms with Gasteiger partial charge in [-0.3, -0.25) is 13.9 Å². The molecule has 0 fully saturated rings. The van der Waals surface area contributed by atoms with Crippen LogP contribution in [0.5, 0.6) is 0 Å². The number of aryl methyl sites for hydroxylation is 3. The molecule has 0 heterocycles. The third-order valence-corrected chi connectivity index (χ3v) is 8.47. The Morgan fingerprint density at radius 2 is 1.48 bits per heavy atom. The maximum absolute atomic E-state index is 14.1. The van der Waals surface area contributed by atoms with Crippen molar-refractivity contribution in [3.05, 3.63) is 95.1 Å². The maximum Gasteiger partial charge on any atom is 0.264 e. The lowest BCUT2D eigenvalue weighted by Crippen LogP contribution is -2.52. The fraction of sp³-hybridized carbons (Fsp3) is 0.375. The lowest BCUT2D eigenvalue weighted by atomic mass is 10.1. The second kappa shape index (κ2) is 13.6. The zero-order valence-corrected chi connectivity index (χ0v) is 25.2. The minimum Gasteiger partial charge on any atom is -0.354 e. The van der Waals surface area contributed by atoms with E-state index < -0.39 is 28.5 Å². The quantitative estimate of drug-likeness (QED) is 0.320. The van der Waals surface area contributed by atoms with Gasteiger partial charge in [0.25, 0.3) is 10.0 Å². The van der Waals surface area contributed by atoms with Crippen molar-refractivity contribution in [3.63, 3.8) is 0 Å². The van der Waals surface area contributed by atoms with Crippen molar-refractivity contribution in [2.24, 2.45) is 5.92 Å². The summed E-state index contributed by atoms with van der Waals surface area (Å²) in [5.41, 5.74) is 4.09. The van der Waals surface area contributed by atoms with Crippen molar-refractivity contribution >= 4 is 27.5 Å². The average molecular weight is 564 g/mol. The van der Waals surface area contributed by atoms with Crippen LogP contribution in [0.25, 0.3) is 0 Å². The Kier molecular flexibility index (Phi) is 10.5. The highest BCUT2D eigenvalue weighted by Crippen LogP contribution is 2.26. The highest BCUT2D eigenvalue weighted by molar-refractivity contribution is 7.92. The molecule has 0 bridgehead atoms. The van der Waals surface area contributed by atoms with Gasteiger partial charge in [-0.05, 0) is 68.5 Å². The van der Waals surface area contributed by atoms with Gasteiger partial charge in [-0.25, -0.2) is 8.42 Å². The summed E-state index contributed by atoms with van der Waals surface area (Å²) < 4.78 is 29.0. The van der Waals surface area contributed by atoms with Crippen LogP contribution in [0.3, 0.4) is 0 Å². The standard InChI is InChI=1S/C32H41N3O4S/c1-7-30(32(37)33-20-23(2)3)34(21-27-12-8-10-25(5)18-27)31(36)22-35(28-13-9-11-26(6)19-28)40(38,39)29-16-14-24(4)15-17-29/h8-19,23,30H,7,20-22H2,1-6H3,(H,33,37)/t30-/m1/s1. The van der Waals surface area contributed by atoms with Crippen LogP contribution in [-0.2, 0) is 26.2 Å². The molecule has 7 nitrogen and oxygen atoms in total. The third-order valence-electron chi connectivity index (χ3n) is 6.68. The summed E-state index contributed by atoms with van der Waals surface area (Å²) in [6, 6.07) is 20.7. The van der Waals surface area contributed by atoms with Crippen molar-refractivity contribution < 1.29 is 18.0 Å². The zero-order chi connectivity index (χ0) is 29.4. The molecule has 0 aliphatic rings.